The fraction of sp³-hybridized carbons (Fsp3) is 0.192. The van der Waals surface area contributed by atoms with Crippen molar-refractivity contribution >= 4 is 35.1 Å². The number of carbonyl (C=O) groups excluding carboxylic acids is 3. The van der Waals surface area contributed by atoms with Gasteiger partial charge in [-0.1, -0.05) is 23.7 Å². The molecular weight excluding hydrogens is 470 g/mol. The molecule has 0 bridgehead atoms. The molecule has 0 radical (unpaired) electrons. The zero-order chi connectivity index (χ0) is 25.0. The van der Waals surface area contributed by atoms with Crippen LogP contribution in [0.25, 0.3) is 0 Å². The van der Waals surface area contributed by atoms with Gasteiger partial charge < -0.3 is 20.1 Å². The Morgan fingerprint density at radius 3 is 2.11 bits per heavy atom. The molecule has 0 saturated carbocycles. The van der Waals surface area contributed by atoms with Gasteiger partial charge in [0.1, 0.15) is 29.3 Å². The van der Waals surface area contributed by atoms with Gasteiger partial charge >= 0.3 is 6.03 Å². The summed E-state index contributed by atoms with van der Waals surface area (Å²) in [6.45, 7) is 3.68. The van der Waals surface area contributed by atoms with Gasteiger partial charge in [0.15, 0.2) is 0 Å². The maximum Gasteiger partial charge on any atom is 0.325 e. The number of urea groups is 1. The molecule has 180 valence electrons. The second-order valence-electron chi connectivity index (χ2n) is 8.03. The molecule has 3 aromatic carbocycles. The molecule has 4 amide bonds. The normalized spacial score (nSPS) is 17.2. The fourth-order valence-corrected chi connectivity index (χ4v) is 3.80. The Morgan fingerprint density at radius 1 is 0.943 bits per heavy atom. The Morgan fingerprint density at radius 2 is 1.51 bits per heavy atom. The van der Waals surface area contributed by atoms with E-state index in [4.69, 9.17) is 21.1 Å². The van der Waals surface area contributed by atoms with Crippen LogP contribution in [0.15, 0.2) is 72.8 Å². The number of hydrogen-bond donors (Lipinski definition) is 2. The molecule has 9 heteroatoms. The van der Waals surface area contributed by atoms with E-state index >= 15 is 0 Å². The lowest BCUT2D eigenvalue weighted by molar-refractivity contribution is -0.133. The van der Waals surface area contributed by atoms with Crippen LogP contribution in [0.4, 0.5) is 10.5 Å². The molecule has 1 heterocycles. The minimum atomic E-state index is -1.28. The quantitative estimate of drug-likeness (QED) is 0.433. The average molecular weight is 494 g/mol. The van der Waals surface area contributed by atoms with Gasteiger partial charge in [-0.25, -0.2) is 4.79 Å². The Kier molecular flexibility index (Phi) is 6.93. The molecule has 0 aliphatic carbocycles. The van der Waals surface area contributed by atoms with Gasteiger partial charge in [0.2, 0.25) is 5.91 Å². The van der Waals surface area contributed by atoms with E-state index in [0.717, 1.165) is 10.6 Å². The van der Waals surface area contributed by atoms with Gasteiger partial charge in [-0.15, -0.1) is 0 Å². The number of imide groups is 1. The molecule has 1 atom stereocenters. The lowest BCUT2D eigenvalue weighted by Gasteiger charge is -2.22. The average Bonchev–Trinajstić information content (AvgIpc) is 3.06. The lowest BCUT2D eigenvalue weighted by atomic mass is 9.92. The van der Waals surface area contributed by atoms with E-state index in [1.54, 1.807) is 67.6 Å². The van der Waals surface area contributed by atoms with E-state index in [2.05, 4.69) is 10.6 Å². The maximum atomic E-state index is 13.0. The highest BCUT2D eigenvalue weighted by Gasteiger charge is 2.49. The molecule has 2 N–H and O–H groups in total. The van der Waals surface area contributed by atoms with Crippen LogP contribution in [0.5, 0.6) is 17.2 Å². The summed E-state index contributed by atoms with van der Waals surface area (Å²) < 4.78 is 11.2. The Labute approximate surface area is 207 Å². The predicted octanol–water partition coefficient (Wildman–Crippen LogP) is 4.94. The molecule has 35 heavy (non-hydrogen) atoms. The zero-order valence-corrected chi connectivity index (χ0v) is 20.0. The van der Waals surface area contributed by atoms with Crippen molar-refractivity contribution in [3.05, 3.63) is 83.4 Å². The molecule has 1 fully saturated rings. The number of nitrogens with one attached hydrogen (secondary N) is 2. The summed E-state index contributed by atoms with van der Waals surface area (Å²) in [7, 11) is 0. The topological polar surface area (TPSA) is 97.0 Å². The number of benzene rings is 3. The van der Waals surface area contributed by atoms with E-state index in [1.165, 1.54) is 0 Å². The van der Waals surface area contributed by atoms with Crippen molar-refractivity contribution < 1.29 is 23.9 Å². The second kappa shape index (κ2) is 10.1. The summed E-state index contributed by atoms with van der Waals surface area (Å²) in [5, 5.41) is 5.88. The SMILES string of the molecule is CCOc1ccc(Oc2ccc(NC(=O)CN3C(=O)N[C@](C)(c4ccc(Cl)cc4)C3=O)cc2)cc1. The zero-order valence-electron chi connectivity index (χ0n) is 19.2. The lowest BCUT2D eigenvalue weighted by Crippen LogP contribution is -2.42. The molecule has 1 aliphatic heterocycles. The Balaban J connectivity index is 1.35. The molecule has 3 aromatic rings. The van der Waals surface area contributed by atoms with Crippen molar-refractivity contribution in [3.63, 3.8) is 0 Å². The highest BCUT2D eigenvalue weighted by atomic mass is 35.5. The van der Waals surface area contributed by atoms with Crippen LogP contribution in [0.2, 0.25) is 5.02 Å². The molecule has 1 saturated heterocycles. The third kappa shape index (κ3) is 5.38. The van der Waals surface area contributed by atoms with Crippen molar-refractivity contribution in [2.45, 2.75) is 19.4 Å². The van der Waals surface area contributed by atoms with Crippen molar-refractivity contribution in [2.75, 3.05) is 18.5 Å². The Bertz CT molecular complexity index is 1230. The molecular formula is C26H24ClN3O5. The summed E-state index contributed by atoms with van der Waals surface area (Å²) in [6.07, 6.45) is 0. The highest BCUT2D eigenvalue weighted by molar-refractivity contribution is 6.30. The van der Waals surface area contributed by atoms with Gasteiger partial charge in [0.25, 0.3) is 5.91 Å². The van der Waals surface area contributed by atoms with Crippen LogP contribution >= 0.6 is 11.6 Å². The third-order valence-corrected chi connectivity index (χ3v) is 5.76. The van der Waals surface area contributed by atoms with Gasteiger partial charge in [0.05, 0.1) is 6.61 Å². The summed E-state index contributed by atoms with van der Waals surface area (Å²) in [5.41, 5.74) is -0.199. The first-order valence-electron chi connectivity index (χ1n) is 11.0. The first-order chi connectivity index (χ1) is 16.8. The van der Waals surface area contributed by atoms with E-state index in [-0.39, 0.29) is 0 Å². The third-order valence-electron chi connectivity index (χ3n) is 5.51. The number of carbonyl (C=O) groups is 3. The first-order valence-corrected chi connectivity index (χ1v) is 11.4. The Hall–Kier alpha value is -4.04. The molecule has 0 unspecified atom stereocenters. The van der Waals surface area contributed by atoms with E-state index < -0.39 is 29.9 Å². The number of rotatable bonds is 8. The van der Waals surface area contributed by atoms with Crippen LogP contribution < -0.4 is 20.1 Å². The summed E-state index contributed by atoms with van der Waals surface area (Å²) in [4.78, 5) is 38.9. The largest absolute Gasteiger partial charge is 0.494 e. The molecule has 1 aliphatic rings. The molecule has 0 spiro atoms. The van der Waals surface area contributed by atoms with Gasteiger partial charge in [-0.05, 0) is 80.1 Å². The molecule has 0 aromatic heterocycles. The van der Waals surface area contributed by atoms with Crippen molar-refractivity contribution in [1.82, 2.24) is 10.2 Å². The second-order valence-corrected chi connectivity index (χ2v) is 8.47. The van der Waals surface area contributed by atoms with Gasteiger partial charge in [-0.2, -0.15) is 0 Å². The summed E-state index contributed by atoms with van der Waals surface area (Å²) in [5.74, 6) is 0.970. The maximum absolute atomic E-state index is 13.0. The van der Waals surface area contributed by atoms with Crippen LogP contribution in [0.3, 0.4) is 0 Å². The summed E-state index contributed by atoms with van der Waals surface area (Å²) in [6, 6.07) is 20.0. The van der Waals surface area contributed by atoms with Crippen molar-refractivity contribution in [1.29, 1.82) is 0 Å². The monoisotopic (exact) mass is 493 g/mol. The molecule has 4 rings (SSSR count). The standard InChI is InChI=1S/C26H24ClN3O5/c1-3-34-20-12-14-22(15-13-20)35-21-10-8-19(9-11-21)28-23(31)16-30-24(32)26(2,29-25(30)33)17-4-6-18(27)7-5-17/h4-15H,3,16H2,1-2H3,(H,28,31)(H,29,33)/t26-/m1/s1. The number of anilines is 1. The molecule has 8 nitrogen and oxygen atoms in total. The first kappa shape index (κ1) is 24.1. The number of nitrogens with zero attached hydrogens (tertiary/aromatic N) is 1. The van der Waals surface area contributed by atoms with Crippen LogP contribution in [-0.2, 0) is 15.1 Å². The van der Waals surface area contributed by atoms with E-state index in [1.807, 2.05) is 19.1 Å². The number of halogens is 1. The number of ether oxygens (including phenoxy) is 2. The van der Waals surface area contributed by atoms with Gasteiger partial charge in [-0.3, -0.25) is 14.5 Å². The smallest absolute Gasteiger partial charge is 0.325 e. The highest BCUT2D eigenvalue weighted by Crippen LogP contribution is 2.30. The van der Waals surface area contributed by atoms with Crippen molar-refractivity contribution in [2.24, 2.45) is 0 Å². The van der Waals surface area contributed by atoms with E-state index in [0.29, 0.717) is 34.4 Å². The van der Waals surface area contributed by atoms with Crippen LogP contribution in [-0.4, -0.2) is 35.9 Å². The predicted molar refractivity (Wildman–Crippen MR) is 132 cm³/mol. The van der Waals surface area contributed by atoms with Gasteiger partial charge in [0, 0.05) is 10.7 Å². The van der Waals surface area contributed by atoms with E-state index in [9.17, 15) is 14.4 Å². The number of amides is 4. The minimum absolute atomic E-state index is 0.418. The fourth-order valence-electron chi connectivity index (χ4n) is 3.68. The van der Waals surface area contributed by atoms with Crippen LogP contribution in [0.1, 0.15) is 19.4 Å². The number of hydrogen-bond acceptors (Lipinski definition) is 5. The minimum Gasteiger partial charge on any atom is -0.494 e. The van der Waals surface area contributed by atoms with Crippen molar-refractivity contribution in [3.8, 4) is 17.2 Å². The van der Waals surface area contributed by atoms with Crippen LogP contribution in [0, 0.1) is 0 Å². The summed E-state index contributed by atoms with van der Waals surface area (Å²) >= 11 is 5.92.